The predicted octanol–water partition coefficient (Wildman–Crippen LogP) is 5.94. The molecule has 1 aliphatic rings. The quantitative estimate of drug-likeness (QED) is 0.590. The first-order valence-corrected chi connectivity index (χ1v) is 10.2. The van der Waals surface area contributed by atoms with Crippen LogP contribution in [-0.2, 0) is 19.3 Å². The summed E-state index contributed by atoms with van der Waals surface area (Å²) < 4.78 is 6.44. The number of fused-ring (bicyclic) bond motifs is 1. The molecule has 0 radical (unpaired) electrons. The van der Waals surface area contributed by atoms with E-state index in [-0.39, 0.29) is 5.60 Å². The van der Waals surface area contributed by atoms with E-state index in [1.807, 2.05) is 18.2 Å². The summed E-state index contributed by atoms with van der Waals surface area (Å²) >= 11 is 0. The Morgan fingerprint density at radius 3 is 2.45 bits per heavy atom. The third-order valence-corrected chi connectivity index (χ3v) is 5.79. The number of hydrogen-bond acceptors (Lipinski definition) is 2. The number of carbonyl (C=O) groups is 1. The van der Waals surface area contributed by atoms with Gasteiger partial charge in [0, 0.05) is 6.42 Å². The molecule has 1 atom stereocenters. The van der Waals surface area contributed by atoms with E-state index in [2.05, 4.69) is 44.2 Å². The van der Waals surface area contributed by atoms with Crippen LogP contribution < -0.4 is 4.74 Å². The topological polar surface area (TPSA) is 46.5 Å². The van der Waals surface area contributed by atoms with E-state index in [0.717, 1.165) is 42.6 Å². The molecular formula is C26H26O3. The first kappa shape index (κ1) is 19.3. The van der Waals surface area contributed by atoms with E-state index < -0.39 is 5.97 Å². The summed E-state index contributed by atoms with van der Waals surface area (Å²) in [5, 5.41) is 9.24. The van der Waals surface area contributed by atoms with Gasteiger partial charge in [-0.3, -0.25) is 0 Å². The number of aromatic carboxylic acids is 1. The van der Waals surface area contributed by atoms with Crippen LogP contribution in [0.3, 0.4) is 0 Å². The highest BCUT2D eigenvalue weighted by atomic mass is 16.5. The van der Waals surface area contributed by atoms with Gasteiger partial charge in [0.1, 0.15) is 11.4 Å². The van der Waals surface area contributed by atoms with Crippen molar-refractivity contribution in [3.8, 4) is 16.9 Å². The molecule has 0 fully saturated rings. The Labute approximate surface area is 172 Å². The van der Waals surface area contributed by atoms with E-state index in [1.165, 1.54) is 16.7 Å². The molecular weight excluding hydrogens is 360 g/mol. The van der Waals surface area contributed by atoms with E-state index >= 15 is 0 Å². The molecule has 0 bridgehead atoms. The van der Waals surface area contributed by atoms with Crippen molar-refractivity contribution in [2.75, 3.05) is 0 Å². The van der Waals surface area contributed by atoms with E-state index in [0.29, 0.717) is 5.56 Å². The molecule has 1 unspecified atom stereocenters. The summed E-state index contributed by atoms with van der Waals surface area (Å²) in [6.45, 7) is 4.36. The molecule has 0 amide bonds. The lowest BCUT2D eigenvalue weighted by Crippen LogP contribution is -2.38. The smallest absolute Gasteiger partial charge is 0.335 e. The Morgan fingerprint density at radius 2 is 1.72 bits per heavy atom. The first-order valence-electron chi connectivity index (χ1n) is 10.2. The number of ether oxygens (including phenoxy) is 1. The molecule has 4 rings (SSSR count). The average molecular weight is 386 g/mol. The number of carboxylic acid groups (broad SMARTS) is 1. The molecule has 148 valence electrons. The zero-order valence-electron chi connectivity index (χ0n) is 16.9. The van der Waals surface area contributed by atoms with Gasteiger partial charge in [-0.05, 0) is 78.3 Å². The molecule has 1 N–H and O–H groups in total. The van der Waals surface area contributed by atoms with Gasteiger partial charge in [0.05, 0.1) is 5.56 Å². The van der Waals surface area contributed by atoms with Crippen LogP contribution in [0, 0.1) is 0 Å². The van der Waals surface area contributed by atoms with Gasteiger partial charge in [-0.25, -0.2) is 4.79 Å². The van der Waals surface area contributed by atoms with Gasteiger partial charge in [-0.1, -0.05) is 49.4 Å². The van der Waals surface area contributed by atoms with Gasteiger partial charge in [0.25, 0.3) is 0 Å². The van der Waals surface area contributed by atoms with Crippen molar-refractivity contribution in [1.82, 2.24) is 0 Å². The summed E-state index contributed by atoms with van der Waals surface area (Å²) in [4.78, 5) is 11.3. The highest BCUT2D eigenvalue weighted by Crippen LogP contribution is 2.37. The fourth-order valence-electron chi connectivity index (χ4n) is 4.05. The van der Waals surface area contributed by atoms with E-state index in [9.17, 15) is 9.90 Å². The second kappa shape index (κ2) is 7.75. The Kier molecular flexibility index (Phi) is 5.14. The standard InChI is InChI=1S/C26H26O3/c1-3-18-7-9-19(10-8-18)17-26(2)14-13-22-15-21(11-12-24(22)29-26)20-5-4-6-23(16-20)25(27)28/h4-12,15-16H,3,13-14,17H2,1-2H3,(H,27,28). The van der Waals surface area contributed by atoms with Crippen LogP contribution in [0.25, 0.3) is 11.1 Å². The lowest BCUT2D eigenvalue weighted by Gasteiger charge is -2.36. The van der Waals surface area contributed by atoms with Crippen LogP contribution in [0.1, 0.15) is 47.3 Å². The van der Waals surface area contributed by atoms with Crippen LogP contribution in [0.5, 0.6) is 5.75 Å². The summed E-state index contributed by atoms with van der Waals surface area (Å²) in [6, 6.07) is 22.1. The van der Waals surface area contributed by atoms with E-state index in [4.69, 9.17) is 4.74 Å². The van der Waals surface area contributed by atoms with Crippen molar-refractivity contribution in [3.63, 3.8) is 0 Å². The maximum Gasteiger partial charge on any atom is 0.335 e. The molecule has 3 nitrogen and oxygen atoms in total. The summed E-state index contributed by atoms with van der Waals surface area (Å²) in [6.07, 6.45) is 3.84. The summed E-state index contributed by atoms with van der Waals surface area (Å²) in [5.41, 5.74) is 5.86. The predicted molar refractivity (Wildman–Crippen MR) is 116 cm³/mol. The van der Waals surface area contributed by atoms with Crippen LogP contribution in [0.4, 0.5) is 0 Å². The van der Waals surface area contributed by atoms with Gasteiger partial charge in [0.2, 0.25) is 0 Å². The monoisotopic (exact) mass is 386 g/mol. The molecule has 0 aliphatic carbocycles. The fourth-order valence-corrected chi connectivity index (χ4v) is 4.05. The van der Waals surface area contributed by atoms with Gasteiger partial charge in [-0.2, -0.15) is 0 Å². The second-order valence-electron chi connectivity index (χ2n) is 8.11. The van der Waals surface area contributed by atoms with Crippen molar-refractivity contribution in [2.45, 2.75) is 45.1 Å². The summed E-state index contributed by atoms with van der Waals surface area (Å²) in [7, 11) is 0. The number of rotatable bonds is 5. The molecule has 0 saturated carbocycles. The minimum atomic E-state index is -0.907. The third-order valence-electron chi connectivity index (χ3n) is 5.79. The Hall–Kier alpha value is -3.07. The second-order valence-corrected chi connectivity index (χ2v) is 8.11. The normalized spacial score (nSPS) is 18.0. The molecule has 1 aliphatic heterocycles. The average Bonchev–Trinajstić information content (AvgIpc) is 2.74. The lowest BCUT2D eigenvalue weighted by atomic mass is 9.86. The van der Waals surface area contributed by atoms with Gasteiger partial charge in [-0.15, -0.1) is 0 Å². The highest BCUT2D eigenvalue weighted by Gasteiger charge is 2.32. The van der Waals surface area contributed by atoms with Crippen LogP contribution in [-0.4, -0.2) is 16.7 Å². The Balaban J connectivity index is 1.54. The molecule has 0 saturated heterocycles. The van der Waals surface area contributed by atoms with Crippen molar-refractivity contribution in [3.05, 3.63) is 89.0 Å². The highest BCUT2D eigenvalue weighted by molar-refractivity contribution is 5.89. The molecule has 3 aromatic rings. The van der Waals surface area contributed by atoms with Crippen molar-refractivity contribution < 1.29 is 14.6 Å². The minimum Gasteiger partial charge on any atom is -0.487 e. The summed E-state index contributed by atoms with van der Waals surface area (Å²) in [5.74, 6) is 0.0259. The fraction of sp³-hybridized carbons (Fsp3) is 0.269. The number of aryl methyl sites for hydroxylation is 2. The van der Waals surface area contributed by atoms with Gasteiger partial charge < -0.3 is 9.84 Å². The van der Waals surface area contributed by atoms with Crippen molar-refractivity contribution in [2.24, 2.45) is 0 Å². The minimum absolute atomic E-state index is 0.217. The molecule has 29 heavy (non-hydrogen) atoms. The van der Waals surface area contributed by atoms with Crippen LogP contribution >= 0.6 is 0 Å². The van der Waals surface area contributed by atoms with E-state index in [1.54, 1.807) is 18.2 Å². The zero-order chi connectivity index (χ0) is 20.4. The van der Waals surface area contributed by atoms with Crippen LogP contribution in [0.2, 0.25) is 0 Å². The van der Waals surface area contributed by atoms with Crippen molar-refractivity contribution in [1.29, 1.82) is 0 Å². The third kappa shape index (κ3) is 4.19. The van der Waals surface area contributed by atoms with Crippen molar-refractivity contribution >= 4 is 5.97 Å². The Morgan fingerprint density at radius 1 is 1.00 bits per heavy atom. The maximum atomic E-state index is 11.3. The van der Waals surface area contributed by atoms with Gasteiger partial charge in [0.15, 0.2) is 0 Å². The molecule has 1 heterocycles. The number of hydrogen-bond donors (Lipinski definition) is 1. The maximum absolute atomic E-state index is 11.3. The zero-order valence-corrected chi connectivity index (χ0v) is 16.9. The first-order chi connectivity index (χ1) is 14.0. The SMILES string of the molecule is CCc1ccc(CC2(C)CCc3cc(-c4cccc(C(=O)O)c4)ccc3O2)cc1. The number of carboxylic acids is 1. The lowest BCUT2D eigenvalue weighted by molar-refractivity contribution is 0.0653. The Bertz CT molecular complexity index is 1040. The van der Waals surface area contributed by atoms with Gasteiger partial charge >= 0.3 is 5.97 Å². The molecule has 0 aromatic heterocycles. The molecule has 0 spiro atoms. The van der Waals surface area contributed by atoms with Crippen LogP contribution in [0.15, 0.2) is 66.7 Å². The largest absolute Gasteiger partial charge is 0.487 e. The number of benzene rings is 3. The molecule has 3 aromatic carbocycles. The molecule has 3 heteroatoms.